The Morgan fingerprint density at radius 2 is 2.00 bits per heavy atom. The number of hydrogen-bond acceptors (Lipinski definition) is 2. The highest BCUT2D eigenvalue weighted by Crippen LogP contribution is 2.55. The fourth-order valence-electron chi connectivity index (χ4n) is 3.10. The van der Waals surface area contributed by atoms with Crippen LogP contribution in [0, 0.1) is 16.7 Å². The molecule has 2 heteroatoms. The number of hydrogen-bond donors (Lipinski definition) is 0. The van der Waals surface area contributed by atoms with Crippen LogP contribution in [0.2, 0.25) is 0 Å². The predicted octanol–water partition coefficient (Wildman–Crippen LogP) is 4.57. The highest BCUT2D eigenvalue weighted by molar-refractivity contribution is 5.76. The van der Waals surface area contributed by atoms with Gasteiger partial charge in [-0.15, -0.1) is 0 Å². The van der Waals surface area contributed by atoms with E-state index in [-0.39, 0.29) is 22.9 Å². The maximum absolute atomic E-state index is 12.0. The first-order chi connectivity index (χ1) is 8.37. The number of esters is 1. The van der Waals surface area contributed by atoms with Crippen LogP contribution in [0.15, 0.2) is 0 Å². The molecule has 2 bridgehead atoms. The van der Waals surface area contributed by atoms with Crippen LogP contribution in [0.5, 0.6) is 0 Å². The van der Waals surface area contributed by atoms with E-state index < -0.39 is 0 Å². The van der Waals surface area contributed by atoms with Crippen LogP contribution < -0.4 is 0 Å². The fraction of sp³-hybridized carbons (Fsp3) is 0.938. The molecule has 2 saturated carbocycles. The Morgan fingerprint density at radius 1 is 1.39 bits per heavy atom. The quantitative estimate of drug-likeness (QED) is 0.690. The Bertz CT molecular complexity index is 295. The van der Waals surface area contributed by atoms with Crippen LogP contribution in [0.3, 0.4) is 0 Å². The lowest BCUT2D eigenvalue weighted by Gasteiger charge is -2.33. The Hall–Kier alpha value is -0.530. The van der Waals surface area contributed by atoms with Gasteiger partial charge in [0.15, 0.2) is 0 Å². The maximum Gasteiger partial charge on any atom is 0.311 e. The molecule has 3 atom stereocenters. The average Bonchev–Trinajstić information content (AvgIpc) is 2.87. The summed E-state index contributed by atoms with van der Waals surface area (Å²) in [7, 11) is 0. The van der Waals surface area contributed by atoms with Gasteiger partial charge in [-0.25, -0.2) is 0 Å². The summed E-state index contributed by atoms with van der Waals surface area (Å²) in [6, 6.07) is 0. The lowest BCUT2D eigenvalue weighted by atomic mass is 9.83. The van der Waals surface area contributed by atoms with E-state index in [1.165, 1.54) is 19.3 Å². The van der Waals surface area contributed by atoms with E-state index in [1.54, 1.807) is 0 Å². The van der Waals surface area contributed by atoms with Gasteiger partial charge in [0.25, 0.3) is 0 Å². The predicted molar refractivity (Wildman–Crippen MR) is 75.4 cm³/mol. The van der Waals surface area contributed by atoms with Gasteiger partial charge < -0.3 is 4.74 Å². The molecule has 106 valence electrons. The van der Waals surface area contributed by atoms with Crippen LogP contribution in [0.25, 0.3) is 0 Å². The van der Waals surface area contributed by atoms with E-state index in [2.05, 4.69) is 6.92 Å². The smallest absolute Gasteiger partial charge is 0.311 e. The van der Waals surface area contributed by atoms with Gasteiger partial charge in [0.1, 0.15) is 6.10 Å². The van der Waals surface area contributed by atoms with Gasteiger partial charge in [-0.3, -0.25) is 4.79 Å². The van der Waals surface area contributed by atoms with Gasteiger partial charge in [0, 0.05) is 5.41 Å². The SMILES string of the molecule is CC.CCC(C)(C)C(=O)OC1CC2CCC1(C)C2. The summed E-state index contributed by atoms with van der Waals surface area (Å²) in [5, 5.41) is 0. The molecule has 3 unspecified atom stereocenters. The third-order valence-corrected chi connectivity index (χ3v) is 4.89. The average molecular weight is 254 g/mol. The van der Waals surface area contributed by atoms with Crippen molar-refractivity contribution in [3.8, 4) is 0 Å². The van der Waals surface area contributed by atoms with E-state index >= 15 is 0 Å². The van der Waals surface area contributed by atoms with Gasteiger partial charge >= 0.3 is 5.97 Å². The third kappa shape index (κ3) is 2.89. The van der Waals surface area contributed by atoms with Crippen LogP contribution >= 0.6 is 0 Å². The molecule has 0 aromatic carbocycles. The van der Waals surface area contributed by atoms with Crippen LogP contribution in [-0.2, 0) is 9.53 Å². The largest absolute Gasteiger partial charge is 0.461 e. The van der Waals surface area contributed by atoms with Crippen molar-refractivity contribution in [3.63, 3.8) is 0 Å². The summed E-state index contributed by atoms with van der Waals surface area (Å²) in [6.07, 6.45) is 5.96. The Morgan fingerprint density at radius 3 is 2.39 bits per heavy atom. The van der Waals surface area contributed by atoms with Gasteiger partial charge in [-0.2, -0.15) is 0 Å². The minimum absolute atomic E-state index is 0.00576. The van der Waals surface area contributed by atoms with E-state index in [9.17, 15) is 4.79 Å². The molecule has 0 amide bonds. The van der Waals surface area contributed by atoms with Gasteiger partial charge in [0.05, 0.1) is 5.41 Å². The molecule has 2 aliphatic rings. The van der Waals surface area contributed by atoms with Crippen molar-refractivity contribution < 1.29 is 9.53 Å². The molecule has 2 aliphatic carbocycles. The van der Waals surface area contributed by atoms with Crippen LogP contribution in [0.4, 0.5) is 0 Å². The van der Waals surface area contributed by atoms with Crippen molar-refractivity contribution in [2.75, 3.05) is 0 Å². The van der Waals surface area contributed by atoms with E-state index in [0.29, 0.717) is 0 Å². The zero-order valence-corrected chi connectivity index (χ0v) is 13.0. The molecule has 0 saturated heterocycles. The Kier molecular flexibility index (Phi) is 4.85. The molecule has 2 rings (SSSR count). The van der Waals surface area contributed by atoms with Crippen molar-refractivity contribution in [2.24, 2.45) is 16.7 Å². The van der Waals surface area contributed by atoms with Crippen LogP contribution in [-0.4, -0.2) is 12.1 Å². The molecule has 0 aromatic rings. The first-order valence-corrected chi connectivity index (χ1v) is 7.58. The lowest BCUT2D eigenvalue weighted by Crippen LogP contribution is -2.36. The molecule has 0 heterocycles. The molecule has 0 N–H and O–H groups in total. The topological polar surface area (TPSA) is 26.3 Å². The molecule has 2 fully saturated rings. The zero-order valence-electron chi connectivity index (χ0n) is 13.0. The van der Waals surface area contributed by atoms with Crippen molar-refractivity contribution in [3.05, 3.63) is 0 Å². The Labute approximate surface area is 112 Å². The number of fused-ring (bicyclic) bond motifs is 2. The highest BCUT2D eigenvalue weighted by atomic mass is 16.5. The summed E-state index contributed by atoms with van der Waals surface area (Å²) < 4.78 is 5.76. The molecular weight excluding hydrogens is 224 g/mol. The number of ether oxygens (including phenoxy) is 1. The fourth-order valence-corrected chi connectivity index (χ4v) is 3.10. The number of carbonyl (C=O) groups excluding carboxylic acids is 1. The van der Waals surface area contributed by atoms with Crippen molar-refractivity contribution in [2.45, 2.75) is 79.8 Å². The zero-order chi connectivity index (χ0) is 14.0. The first kappa shape index (κ1) is 15.5. The molecule has 0 aliphatic heterocycles. The van der Waals surface area contributed by atoms with Gasteiger partial charge in [0.2, 0.25) is 0 Å². The molecular formula is C16H30O2. The summed E-state index contributed by atoms with van der Waals surface area (Å²) in [5.41, 5.74) is -0.0393. The Balaban J connectivity index is 0.000000771. The molecule has 0 spiro atoms. The minimum Gasteiger partial charge on any atom is -0.461 e. The van der Waals surface area contributed by atoms with E-state index in [4.69, 9.17) is 4.74 Å². The monoisotopic (exact) mass is 254 g/mol. The van der Waals surface area contributed by atoms with E-state index in [1.807, 2.05) is 34.6 Å². The maximum atomic E-state index is 12.0. The second-order valence-corrected chi connectivity index (χ2v) is 6.63. The lowest BCUT2D eigenvalue weighted by molar-refractivity contribution is -0.165. The number of carbonyl (C=O) groups is 1. The van der Waals surface area contributed by atoms with Gasteiger partial charge in [-0.05, 0) is 51.9 Å². The second-order valence-electron chi connectivity index (χ2n) is 6.63. The number of rotatable bonds is 3. The van der Waals surface area contributed by atoms with E-state index in [0.717, 1.165) is 18.8 Å². The summed E-state index contributed by atoms with van der Waals surface area (Å²) in [5.74, 6) is 0.807. The van der Waals surface area contributed by atoms with Crippen molar-refractivity contribution >= 4 is 5.97 Å². The summed E-state index contributed by atoms with van der Waals surface area (Å²) in [4.78, 5) is 12.0. The van der Waals surface area contributed by atoms with Crippen LogP contribution in [0.1, 0.15) is 73.6 Å². The molecule has 18 heavy (non-hydrogen) atoms. The third-order valence-electron chi connectivity index (χ3n) is 4.89. The highest BCUT2D eigenvalue weighted by Gasteiger charge is 2.51. The molecule has 0 aromatic heterocycles. The van der Waals surface area contributed by atoms with Crippen molar-refractivity contribution in [1.82, 2.24) is 0 Å². The summed E-state index contributed by atoms with van der Waals surface area (Å²) in [6.45, 7) is 12.3. The molecule has 2 nitrogen and oxygen atoms in total. The van der Waals surface area contributed by atoms with Crippen molar-refractivity contribution in [1.29, 1.82) is 0 Å². The molecule has 0 radical (unpaired) electrons. The van der Waals surface area contributed by atoms with Gasteiger partial charge in [-0.1, -0.05) is 27.7 Å². The standard InChI is InChI=1S/C14H24O2.C2H6/c1-5-13(2,3)12(15)16-11-8-10-6-7-14(11,4)9-10;1-2/h10-11H,5-9H2,1-4H3;1-2H3. The second kappa shape index (κ2) is 5.63. The normalized spacial score (nSPS) is 33.9. The first-order valence-electron chi connectivity index (χ1n) is 7.58. The summed E-state index contributed by atoms with van der Waals surface area (Å²) >= 11 is 0. The minimum atomic E-state index is -0.321.